The highest BCUT2D eigenvalue weighted by Gasteiger charge is 2.29. The van der Waals surface area contributed by atoms with Gasteiger partial charge >= 0.3 is 0 Å². The smallest absolute Gasteiger partial charge is 0.261 e. The molecule has 2 aliphatic rings. The predicted molar refractivity (Wildman–Crippen MR) is 117 cm³/mol. The molecule has 1 amide bonds. The molecule has 2 aromatic carbocycles. The molecule has 1 aromatic heterocycles. The molecule has 3 aromatic rings. The summed E-state index contributed by atoms with van der Waals surface area (Å²) in [5.74, 6) is 0.875. The number of carbonyl (C=O) groups is 1. The van der Waals surface area contributed by atoms with Crippen molar-refractivity contribution < 1.29 is 22.7 Å². The maximum absolute atomic E-state index is 13.2. The van der Waals surface area contributed by atoms with Crippen LogP contribution >= 0.6 is 11.3 Å². The molecule has 0 saturated carbocycles. The Hall–Kier alpha value is -3.04. The van der Waals surface area contributed by atoms with Gasteiger partial charge in [0.2, 0.25) is 6.79 Å². The lowest BCUT2D eigenvalue weighted by molar-refractivity contribution is 0.0679. The van der Waals surface area contributed by atoms with Crippen molar-refractivity contribution >= 4 is 33.0 Å². The molecule has 0 radical (unpaired) electrons. The van der Waals surface area contributed by atoms with E-state index in [4.69, 9.17) is 9.47 Å². The zero-order valence-corrected chi connectivity index (χ0v) is 18.3. The van der Waals surface area contributed by atoms with E-state index in [2.05, 4.69) is 10.8 Å². The first kappa shape index (κ1) is 19.9. The summed E-state index contributed by atoms with van der Waals surface area (Å²) in [6.07, 6.45) is 0.812. The number of anilines is 1. The Morgan fingerprint density at radius 1 is 1.13 bits per heavy atom. The van der Waals surface area contributed by atoms with Crippen LogP contribution in [0.15, 0.2) is 58.8 Å². The zero-order valence-electron chi connectivity index (χ0n) is 16.7. The van der Waals surface area contributed by atoms with Gasteiger partial charge in [0.1, 0.15) is 0 Å². The minimum atomic E-state index is -3.89. The number of amides is 1. The number of fused-ring (bicyclic) bond motifs is 2. The summed E-state index contributed by atoms with van der Waals surface area (Å²) in [7, 11) is -3.89. The average molecular weight is 457 g/mol. The van der Waals surface area contributed by atoms with Gasteiger partial charge in [0, 0.05) is 23.1 Å². The number of nitrogens with one attached hydrogen (secondary N) is 1. The molecule has 0 unspecified atom stereocenters. The second kappa shape index (κ2) is 7.58. The molecule has 0 saturated heterocycles. The van der Waals surface area contributed by atoms with Crippen LogP contribution in [0, 0.1) is 0 Å². The van der Waals surface area contributed by atoms with Crippen LogP contribution in [0.4, 0.5) is 5.69 Å². The standard InChI is InChI=1S/C22H20N2O5S2/c1-14-18-8-10-30-21(18)7-9-24(14)22(25)15-3-2-4-17(11-15)31(26,27)23-16-5-6-19-20(12-16)29-13-28-19/h2-6,8,10-12,14,23H,7,9,13H2,1H3/t14-/m0/s1. The minimum absolute atomic E-state index is 0.0249. The number of ether oxygens (including phenoxy) is 2. The molecule has 0 spiro atoms. The van der Waals surface area contributed by atoms with E-state index in [9.17, 15) is 13.2 Å². The number of rotatable bonds is 4. The van der Waals surface area contributed by atoms with Crippen molar-refractivity contribution in [3.63, 3.8) is 0 Å². The largest absolute Gasteiger partial charge is 0.454 e. The van der Waals surface area contributed by atoms with E-state index in [0.717, 1.165) is 12.0 Å². The molecule has 31 heavy (non-hydrogen) atoms. The molecule has 1 atom stereocenters. The van der Waals surface area contributed by atoms with Gasteiger partial charge in [-0.25, -0.2) is 8.42 Å². The summed E-state index contributed by atoms with van der Waals surface area (Å²) in [5, 5.41) is 2.05. The summed E-state index contributed by atoms with van der Waals surface area (Å²) in [4.78, 5) is 16.3. The van der Waals surface area contributed by atoms with E-state index in [1.807, 2.05) is 12.3 Å². The van der Waals surface area contributed by atoms with Crippen molar-refractivity contribution in [3.8, 4) is 11.5 Å². The van der Waals surface area contributed by atoms with Crippen LogP contribution in [0.25, 0.3) is 0 Å². The maximum atomic E-state index is 13.2. The van der Waals surface area contributed by atoms with Crippen LogP contribution in [-0.4, -0.2) is 32.6 Å². The van der Waals surface area contributed by atoms with Gasteiger partial charge in [-0.2, -0.15) is 0 Å². The molecule has 0 aliphatic carbocycles. The molecule has 0 fully saturated rings. The number of hydrogen-bond donors (Lipinski definition) is 1. The van der Waals surface area contributed by atoms with Crippen molar-refractivity contribution in [2.45, 2.75) is 24.3 Å². The Kier molecular flexibility index (Phi) is 4.86. The van der Waals surface area contributed by atoms with E-state index in [1.54, 1.807) is 46.6 Å². The molecule has 1 N–H and O–H groups in total. The van der Waals surface area contributed by atoms with Gasteiger partial charge in [-0.05, 0) is 60.7 Å². The molecular formula is C22H20N2O5S2. The monoisotopic (exact) mass is 456 g/mol. The molecule has 9 heteroatoms. The Morgan fingerprint density at radius 3 is 2.84 bits per heavy atom. The average Bonchev–Trinajstić information content (AvgIpc) is 3.43. The molecular weight excluding hydrogens is 436 g/mol. The van der Waals surface area contributed by atoms with Gasteiger partial charge < -0.3 is 14.4 Å². The topological polar surface area (TPSA) is 84.9 Å². The van der Waals surface area contributed by atoms with Gasteiger partial charge in [-0.1, -0.05) is 6.07 Å². The molecule has 3 heterocycles. The molecule has 2 aliphatic heterocycles. The number of hydrogen-bond acceptors (Lipinski definition) is 6. The first-order valence-electron chi connectivity index (χ1n) is 9.82. The highest BCUT2D eigenvalue weighted by molar-refractivity contribution is 7.92. The van der Waals surface area contributed by atoms with Gasteiger partial charge in [0.15, 0.2) is 11.5 Å². The summed E-state index contributed by atoms with van der Waals surface area (Å²) in [5.41, 5.74) is 1.87. The lowest BCUT2D eigenvalue weighted by Crippen LogP contribution is -2.38. The van der Waals surface area contributed by atoms with Crippen LogP contribution in [0.2, 0.25) is 0 Å². The van der Waals surface area contributed by atoms with Crippen LogP contribution in [-0.2, 0) is 16.4 Å². The van der Waals surface area contributed by atoms with Crippen LogP contribution < -0.4 is 14.2 Å². The fraction of sp³-hybridized carbons (Fsp3) is 0.227. The third-order valence-electron chi connectivity index (χ3n) is 5.55. The fourth-order valence-electron chi connectivity index (χ4n) is 3.92. The minimum Gasteiger partial charge on any atom is -0.454 e. The van der Waals surface area contributed by atoms with Crippen LogP contribution in [0.3, 0.4) is 0 Å². The SMILES string of the molecule is C[C@H]1c2ccsc2CCN1C(=O)c1cccc(S(=O)(=O)Nc2ccc3c(c2)OCO3)c1. The third-order valence-corrected chi connectivity index (χ3v) is 7.93. The Morgan fingerprint density at radius 2 is 1.97 bits per heavy atom. The van der Waals surface area contributed by atoms with Crippen molar-refractivity contribution in [2.24, 2.45) is 0 Å². The highest BCUT2D eigenvalue weighted by atomic mass is 32.2. The second-order valence-corrected chi connectivity index (χ2v) is 10.1. The zero-order chi connectivity index (χ0) is 21.6. The quantitative estimate of drug-likeness (QED) is 0.641. The number of benzene rings is 2. The van der Waals surface area contributed by atoms with E-state index in [0.29, 0.717) is 29.3 Å². The number of thiophene rings is 1. The summed E-state index contributed by atoms with van der Waals surface area (Å²) in [6.45, 7) is 2.72. The maximum Gasteiger partial charge on any atom is 0.261 e. The molecule has 160 valence electrons. The Labute approximate surface area is 184 Å². The van der Waals surface area contributed by atoms with Crippen LogP contribution in [0.1, 0.15) is 33.8 Å². The molecule has 0 bridgehead atoms. The lowest BCUT2D eigenvalue weighted by atomic mass is 10.0. The van der Waals surface area contributed by atoms with Crippen molar-refractivity contribution in [3.05, 3.63) is 69.9 Å². The summed E-state index contributed by atoms with van der Waals surface area (Å²) >= 11 is 1.71. The van der Waals surface area contributed by atoms with Crippen molar-refractivity contribution in [1.82, 2.24) is 4.90 Å². The van der Waals surface area contributed by atoms with Crippen molar-refractivity contribution in [2.75, 3.05) is 18.1 Å². The summed E-state index contributed by atoms with van der Waals surface area (Å²) in [6, 6.07) is 13.0. The molecule has 5 rings (SSSR count). The lowest BCUT2D eigenvalue weighted by Gasteiger charge is -2.33. The normalized spacial score (nSPS) is 17.3. The first-order valence-corrected chi connectivity index (χ1v) is 12.2. The van der Waals surface area contributed by atoms with Gasteiger partial charge in [0.25, 0.3) is 15.9 Å². The number of nitrogens with zero attached hydrogens (tertiary/aromatic N) is 1. The highest BCUT2D eigenvalue weighted by Crippen LogP contribution is 2.35. The number of sulfonamides is 1. The van der Waals surface area contributed by atoms with Crippen molar-refractivity contribution in [1.29, 1.82) is 0 Å². The third kappa shape index (κ3) is 3.64. The van der Waals surface area contributed by atoms with E-state index in [-0.39, 0.29) is 23.6 Å². The first-order chi connectivity index (χ1) is 14.9. The molecule has 7 nitrogen and oxygen atoms in total. The van der Waals surface area contributed by atoms with Gasteiger partial charge in [0.05, 0.1) is 16.6 Å². The van der Waals surface area contributed by atoms with E-state index in [1.165, 1.54) is 17.0 Å². The fourth-order valence-corrected chi connectivity index (χ4v) is 5.98. The van der Waals surface area contributed by atoms with E-state index < -0.39 is 10.0 Å². The van der Waals surface area contributed by atoms with E-state index >= 15 is 0 Å². The van der Waals surface area contributed by atoms with Crippen LogP contribution in [0.5, 0.6) is 11.5 Å². The summed E-state index contributed by atoms with van der Waals surface area (Å²) < 4.78 is 39.0. The second-order valence-electron chi connectivity index (χ2n) is 7.43. The van der Waals surface area contributed by atoms with Gasteiger partial charge in [-0.15, -0.1) is 11.3 Å². The number of carbonyl (C=O) groups excluding carboxylic acids is 1. The van der Waals surface area contributed by atoms with Gasteiger partial charge in [-0.3, -0.25) is 9.52 Å². The Bertz CT molecular complexity index is 1270. The Balaban J connectivity index is 1.39. The predicted octanol–water partition coefficient (Wildman–Crippen LogP) is 4.04.